The average Bonchev–Trinajstić information content (AvgIpc) is 3.25. The van der Waals surface area contributed by atoms with Gasteiger partial charge >= 0.3 is 5.97 Å². The summed E-state index contributed by atoms with van der Waals surface area (Å²) in [4.78, 5) is 59.1. The first-order valence-corrected chi connectivity index (χ1v) is 16.5. The molecule has 5 atom stereocenters. The van der Waals surface area contributed by atoms with Crippen LogP contribution < -0.4 is 4.90 Å². The van der Waals surface area contributed by atoms with Gasteiger partial charge in [-0.15, -0.1) is 0 Å². The van der Waals surface area contributed by atoms with E-state index in [1.807, 2.05) is 0 Å². The van der Waals surface area contributed by atoms with Crippen LogP contribution in [0, 0.1) is 11.8 Å². The zero-order valence-corrected chi connectivity index (χ0v) is 27.9. The molecule has 44 heavy (non-hydrogen) atoms. The second kappa shape index (κ2) is 12.4. The van der Waals surface area contributed by atoms with Gasteiger partial charge in [-0.1, -0.05) is 79.3 Å². The Labute approximate surface area is 280 Å². The van der Waals surface area contributed by atoms with Crippen LogP contribution in [0.4, 0.5) is 5.69 Å². The van der Waals surface area contributed by atoms with Gasteiger partial charge in [0.25, 0.3) is 0 Å². The van der Waals surface area contributed by atoms with Crippen molar-refractivity contribution in [3.05, 3.63) is 94.0 Å². The lowest BCUT2D eigenvalue weighted by atomic mass is 9.81. The number of alkyl halides is 2. The summed E-state index contributed by atoms with van der Waals surface area (Å²) in [6.07, 6.45) is 0.113. The van der Waals surface area contributed by atoms with Crippen molar-refractivity contribution in [1.29, 1.82) is 0 Å². The number of aromatic nitrogens is 1. The maximum Gasteiger partial charge on any atom is 0.339 e. The third-order valence-electron chi connectivity index (χ3n) is 8.12. The minimum atomic E-state index is -1.06. The van der Waals surface area contributed by atoms with E-state index in [-0.39, 0.29) is 44.7 Å². The number of halogens is 4. The molecule has 0 bridgehead atoms. The van der Waals surface area contributed by atoms with E-state index in [4.69, 9.17) is 32.9 Å². The van der Waals surface area contributed by atoms with E-state index in [9.17, 15) is 19.2 Å². The normalized spacial score (nSPS) is 22.2. The number of anilines is 1. The highest BCUT2D eigenvalue weighted by Gasteiger charge is 2.52. The first-order chi connectivity index (χ1) is 21.0. The van der Waals surface area contributed by atoms with Crippen molar-refractivity contribution in [2.75, 3.05) is 4.90 Å². The number of hydrogen-bond acceptors (Lipinski definition) is 6. The van der Waals surface area contributed by atoms with E-state index < -0.39 is 12.1 Å². The van der Waals surface area contributed by atoms with Crippen molar-refractivity contribution in [3.8, 4) is 11.3 Å². The third-order valence-corrected chi connectivity index (χ3v) is 11.4. The molecule has 4 aromatic rings. The lowest BCUT2D eigenvalue weighted by Crippen LogP contribution is -2.34. The molecule has 7 nitrogen and oxygen atoms in total. The van der Waals surface area contributed by atoms with E-state index in [1.165, 1.54) is 11.8 Å². The van der Waals surface area contributed by atoms with E-state index >= 15 is 0 Å². The number of carbonyl (C=O) groups is 4. The number of pyridine rings is 1. The minimum Gasteiger partial charge on any atom is -0.451 e. The quantitative estimate of drug-likeness (QED) is 0.0855. The Kier molecular flexibility index (Phi) is 8.67. The fourth-order valence-electron chi connectivity index (χ4n) is 5.79. The zero-order chi connectivity index (χ0) is 31.3. The van der Waals surface area contributed by atoms with Gasteiger partial charge in [-0.2, -0.15) is 0 Å². The summed E-state index contributed by atoms with van der Waals surface area (Å²) in [6.45, 7) is 1.51. The van der Waals surface area contributed by atoms with Gasteiger partial charge in [0.05, 0.1) is 39.3 Å². The number of carbonyl (C=O) groups excluding carboxylic acids is 4. The average molecular weight is 759 g/mol. The van der Waals surface area contributed by atoms with E-state index in [0.29, 0.717) is 56.3 Å². The Morgan fingerprint density at radius 3 is 2.14 bits per heavy atom. The van der Waals surface area contributed by atoms with Crippen molar-refractivity contribution in [1.82, 2.24) is 4.98 Å². The number of para-hydroxylation sites is 1. The number of rotatable bonds is 6. The van der Waals surface area contributed by atoms with Gasteiger partial charge in [-0.3, -0.25) is 19.3 Å². The summed E-state index contributed by atoms with van der Waals surface area (Å²) in [7, 11) is 0. The van der Waals surface area contributed by atoms with Crippen LogP contribution in [0.25, 0.3) is 22.2 Å². The lowest BCUT2D eigenvalue weighted by molar-refractivity contribution is -0.122. The fraction of sp³-hybridized carbons (Fsp3) is 0.242. The van der Waals surface area contributed by atoms with Crippen molar-refractivity contribution in [2.45, 2.75) is 35.5 Å². The van der Waals surface area contributed by atoms with Crippen LogP contribution in [0.1, 0.15) is 40.5 Å². The predicted octanol–water partition coefficient (Wildman–Crippen LogP) is 8.06. The lowest BCUT2D eigenvalue weighted by Gasteiger charge is -2.29. The molecule has 1 saturated heterocycles. The number of benzene rings is 3. The van der Waals surface area contributed by atoms with Crippen molar-refractivity contribution in [2.24, 2.45) is 11.8 Å². The number of Topliss-reactive ketones (excluding diaryl/α,β-unsaturated/α-hetero) is 1. The Hall–Kier alpha value is -3.11. The molecule has 1 saturated carbocycles. The summed E-state index contributed by atoms with van der Waals surface area (Å²) < 4.78 is 5.61. The molecule has 2 heterocycles. The van der Waals surface area contributed by atoms with Gasteiger partial charge < -0.3 is 4.74 Å². The van der Waals surface area contributed by atoms with Gasteiger partial charge in [-0.25, -0.2) is 9.78 Å². The highest BCUT2D eigenvalue weighted by atomic mass is 79.9. The van der Waals surface area contributed by atoms with Crippen molar-refractivity contribution < 1.29 is 23.9 Å². The molecule has 0 N–H and O–H groups in total. The molecule has 2 amide bonds. The molecule has 0 spiro atoms. The molecule has 2 aliphatic rings. The highest BCUT2D eigenvalue weighted by molar-refractivity contribution is 9.12. The second-order valence-corrected chi connectivity index (χ2v) is 14.1. The van der Waals surface area contributed by atoms with E-state index in [0.717, 1.165) is 0 Å². The number of imide groups is 1. The van der Waals surface area contributed by atoms with Gasteiger partial charge in [0.15, 0.2) is 6.10 Å². The van der Waals surface area contributed by atoms with Gasteiger partial charge in [0.2, 0.25) is 17.6 Å². The molecule has 2 fully saturated rings. The summed E-state index contributed by atoms with van der Waals surface area (Å²) in [5, 5.41) is 1.30. The second-order valence-electron chi connectivity index (χ2n) is 10.9. The summed E-state index contributed by atoms with van der Waals surface area (Å²) in [5.74, 6) is -2.18. The van der Waals surface area contributed by atoms with Gasteiger partial charge in [-0.05, 0) is 68.3 Å². The van der Waals surface area contributed by atoms with Gasteiger partial charge in [0.1, 0.15) is 0 Å². The van der Waals surface area contributed by atoms with Crippen LogP contribution in [-0.2, 0) is 14.3 Å². The topological polar surface area (TPSA) is 93.6 Å². The molecule has 6 rings (SSSR count). The van der Waals surface area contributed by atoms with Crippen LogP contribution in [0.3, 0.4) is 0 Å². The molecule has 11 heteroatoms. The molecule has 0 radical (unpaired) electrons. The SMILES string of the molecule is CC(OC(=O)c1cc(-c2ccc(N3C(=O)C4CC(Br)C(Br)CC4C3=O)cc2)nc2c(Cl)cccc12)C(=O)c1ccc(Cl)cc1. The smallest absolute Gasteiger partial charge is 0.339 e. The number of fused-ring (bicyclic) bond motifs is 2. The summed E-state index contributed by atoms with van der Waals surface area (Å²) >= 11 is 19.7. The van der Waals surface area contributed by atoms with Crippen LogP contribution in [0.2, 0.25) is 10.0 Å². The molecular weight excluding hydrogens is 735 g/mol. The molecule has 1 aliphatic heterocycles. The van der Waals surface area contributed by atoms with Crippen LogP contribution in [-0.4, -0.2) is 44.3 Å². The number of nitrogens with zero attached hydrogens (tertiary/aromatic N) is 2. The number of amides is 2. The standard InChI is InChI=1S/C33H24Br2Cl2N2O5/c1-16(30(40)18-5-9-19(36)10-6-18)44-33(43)24-15-28(38-29-21(24)3-2-4-27(29)37)17-7-11-20(12-8-17)39-31(41)22-13-25(34)26(35)14-23(22)32(39)42/h2-12,15-16,22-23,25-26H,13-14H2,1H3. The maximum atomic E-state index is 13.5. The number of esters is 1. The maximum absolute atomic E-state index is 13.5. The number of hydrogen-bond donors (Lipinski definition) is 0. The molecule has 5 unspecified atom stereocenters. The first kappa shape index (κ1) is 30.9. The Bertz CT molecular complexity index is 1790. The zero-order valence-electron chi connectivity index (χ0n) is 23.2. The summed E-state index contributed by atoms with van der Waals surface area (Å²) in [6, 6.07) is 19.9. The number of ether oxygens (including phenoxy) is 1. The first-order valence-electron chi connectivity index (χ1n) is 13.9. The molecule has 3 aromatic carbocycles. The van der Waals surface area contributed by atoms with Crippen LogP contribution in [0.5, 0.6) is 0 Å². The largest absolute Gasteiger partial charge is 0.451 e. The van der Waals surface area contributed by atoms with Crippen LogP contribution in [0.15, 0.2) is 72.8 Å². The molecular formula is C33H24Br2Cl2N2O5. The monoisotopic (exact) mass is 756 g/mol. The van der Waals surface area contributed by atoms with E-state index in [1.54, 1.807) is 72.8 Å². The predicted molar refractivity (Wildman–Crippen MR) is 177 cm³/mol. The fourth-order valence-corrected chi connectivity index (χ4v) is 7.37. The Balaban J connectivity index is 1.29. The van der Waals surface area contributed by atoms with Gasteiger partial charge in [0, 0.05) is 31.2 Å². The minimum absolute atomic E-state index is 0.119. The summed E-state index contributed by atoms with van der Waals surface area (Å²) in [5.41, 5.74) is 2.48. The van der Waals surface area contributed by atoms with Crippen molar-refractivity contribution in [3.63, 3.8) is 0 Å². The Morgan fingerprint density at radius 1 is 0.909 bits per heavy atom. The number of ketones is 1. The van der Waals surface area contributed by atoms with Crippen LogP contribution >= 0.6 is 55.1 Å². The Morgan fingerprint density at radius 2 is 1.52 bits per heavy atom. The molecule has 224 valence electrons. The van der Waals surface area contributed by atoms with E-state index in [2.05, 4.69) is 31.9 Å². The third kappa shape index (κ3) is 5.71. The molecule has 1 aromatic heterocycles. The van der Waals surface area contributed by atoms with Crippen molar-refractivity contribution >= 4 is 95.2 Å². The highest BCUT2D eigenvalue weighted by Crippen LogP contribution is 2.44. The molecule has 1 aliphatic carbocycles.